The molecule has 142 valence electrons. The second-order valence-electron chi connectivity index (χ2n) is 6.00. The minimum absolute atomic E-state index is 0.0797. The lowest BCUT2D eigenvalue weighted by atomic mass is 10.1. The molecule has 0 amide bonds. The number of rotatable bonds is 6. The molecule has 0 saturated heterocycles. The number of fused-ring (bicyclic) bond motifs is 1. The highest BCUT2D eigenvalue weighted by Crippen LogP contribution is 2.23. The van der Waals surface area contributed by atoms with Gasteiger partial charge < -0.3 is 18.3 Å². The summed E-state index contributed by atoms with van der Waals surface area (Å²) in [7, 11) is 1.52. The Labute approximate surface area is 158 Å². The number of hydrogen-bond donors (Lipinski definition) is 0. The van der Waals surface area contributed by atoms with Crippen molar-refractivity contribution in [2.45, 2.75) is 13.2 Å². The Morgan fingerprint density at radius 2 is 2.07 bits per heavy atom. The van der Waals surface area contributed by atoms with Crippen molar-refractivity contribution in [3.05, 3.63) is 82.4 Å². The lowest BCUT2D eigenvalue weighted by molar-refractivity contribution is 0.0435. The van der Waals surface area contributed by atoms with Crippen molar-refractivity contribution in [1.29, 1.82) is 0 Å². The van der Waals surface area contributed by atoms with Gasteiger partial charge in [0.25, 0.3) is 0 Å². The third kappa shape index (κ3) is 3.66. The van der Waals surface area contributed by atoms with E-state index in [0.29, 0.717) is 34.6 Å². The molecule has 0 bridgehead atoms. The second-order valence-corrected chi connectivity index (χ2v) is 6.00. The third-order valence-corrected chi connectivity index (χ3v) is 4.14. The molecule has 0 N–H and O–H groups in total. The number of carbonyl (C=O) groups excluding carboxylic acids is 1. The predicted molar refractivity (Wildman–Crippen MR) is 98.2 cm³/mol. The zero-order chi connectivity index (χ0) is 19.5. The van der Waals surface area contributed by atoms with Crippen LogP contribution in [0.15, 0.2) is 68.5 Å². The summed E-state index contributed by atoms with van der Waals surface area (Å²) in [5, 5.41) is 4.74. The van der Waals surface area contributed by atoms with E-state index in [2.05, 4.69) is 5.10 Å². The minimum Gasteiger partial charge on any atom is -0.497 e. The largest absolute Gasteiger partial charge is 0.497 e. The minimum atomic E-state index is -0.624. The number of esters is 1. The van der Waals surface area contributed by atoms with Gasteiger partial charge in [0.2, 0.25) is 5.76 Å². The van der Waals surface area contributed by atoms with Gasteiger partial charge >= 0.3 is 11.6 Å². The molecule has 0 spiro atoms. The molecule has 28 heavy (non-hydrogen) atoms. The van der Waals surface area contributed by atoms with Crippen molar-refractivity contribution in [1.82, 2.24) is 9.78 Å². The van der Waals surface area contributed by atoms with E-state index >= 15 is 0 Å². The molecular weight excluding hydrogens is 364 g/mol. The molecule has 0 aliphatic carbocycles. The second kappa shape index (κ2) is 7.43. The van der Waals surface area contributed by atoms with Crippen molar-refractivity contribution >= 4 is 16.9 Å². The highest BCUT2D eigenvalue weighted by Gasteiger charge is 2.15. The maximum absolute atomic E-state index is 12.3. The molecule has 0 atom stereocenters. The number of carbonyl (C=O) groups is 1. The Morgan fingerprint density at radius 3 is 2.86 bits per heavy atom. The standard InChI is InChI=1S/C20H16N2O6/c1-25-14-3-5-16-13(9-19(23)28-18(16)10-14)12-26-20(24)17-6-4-15(27-17)11-22-8-2-7-21-22/h2-10H,11-12H2,1H3. The molecule has 0 unspecified atom stereocenters. The van der Waals surface area contributed by atoms with Gasteiger partial charge in [-0.15, -0.1) is 0 Å². The summed E-state index contributed by atoms with van der Waals surface area (Å²) in [4.78, 5) is 24.1. The molecule has 0 radical (unpaired) electrons. The van der Waals surface area contributed by atoms with Crippen LogP contribution in [0.4, 0.5) is 0 Å². The quantitative estimate of drug-likeness (QED) is 0.375. The fourth-order valence-corrected chi connectivity index (χ4v) is 2.80. The molecule has 0 aliphatic heterocycles. The first kappa shape index (κ1) is 17.6. The number of aromatic nitrogens is 2. The Kier molecular flexibility index (Phi) is 4.67. The Bertz CT molecular complexity index is 1170. The normalized spacial score (nSPS) is 10.9. The van der Waals surface area contributed by atoms with Gasteiger partial charge in [-0.1, -0.05) is 0 Å². The SMILES string of the molecule is COc1ccc2c(COC(=O)c3ccc(Cn4cccn4)o3)cc(=O)oc2c1. The summed E-state index contributed by atoms with van der Waals surface area (Å²) in [6.45, 7) is 0.314. The van der Waals surface area contributed by atoms with E-state index in [1.54, 1.807) is 53.5 Å². The fourth-order valence-electron chi connectivity index (χ4n) is 2.80. The zero-order valence-corrected chi connectivity index (χ0v) is 15.0. The van der Waals surface area contributed by atoms with Crippen molar-refractivity contribution in [3.8, 4) is 5.75 Å². The summed E-state index contributed by atoms with van der Waals surface area (Å²) >= 11 is 0. The van der Waals surface area contributed by atoms with Crippen molar-refractivity contribution < 1.29 is 23.1 Å². The van der Waals surface area contributed by atoms with E-state index in [1.165, 1.54) is 13.2 Å². The van der Waals surface area contributed by atoms with Crippen LogP contribution in [-0.2, 0) is 17.9 Å². The van der Waals surface area contributed by atoms with Crippen LogP contribution in [0.5, 0.6) is 5.75 Å². The number of nitrogens with zero attached hydrogens (tertiary/aromatic N) is 2. The zero-order valence-electron chi connectivity index (χ0n) is 15.0. The Hall–Kier alpha value is -3.81. The van der Waals surface area contributed by atoms with Gasteiger partial charge in [-0.2, -0.15) is 5.10 Å². The van der Waals surface area contributed by atoms with Crippen molar-refractivity contribution in [2.24, 2.45) is 0 Å². The average molecular weight is 380 g/mol. The summed E-state index contributed by atoms with van der Waals surface area (Å²) in [5.41, 5.74) is 0.356. The summed E-state index contributed by atoms with van der Waals surface area (Å²) in [6, 6.07) is 11.4. The Balaban J connectivity index is 1.49. The lowest BCUT2D eigenvalue weighted by Crippen LogP contribution is -2.07. The van der Waals surface area contributed by atoms with Gasteiger partial charge in [-0.25, -0.2) is 9.59 Å². The fraction of sp³-hybridized carbons (Fsp3) is 0.150. The van der Waals surface area contributed by atoms with E-state index in [-0.39, 0.29) is 12.4 Å². The molecule has 0 fully saturated rings. The number of methoxy groups -OCH3 is 1. The van der Waals surface area contributed by atoms with Crippen molar-refractivity contribution in [3.63, 3.8) is 0 Å². The van der Waals surface area contributed by atoms with Crippen LogP contribution in [0.25, 0.3) is 11.0 Å². The number of ether oxygens (including phenoxy) is 2. The molecule has 0 saturated carbocycles. The topological polar surface area (TPSA) is 96.7 Å². The van der Waals surface area contributed by atoms with Crippen molar-refractivity contribution in [2.75, 3.05) is 7.11 Å². The highest BCUT2D eigenvalue weighted by atomic mass is 16.5. The summed E-state index contributed by atoms with van der Waals surface area (Å²) in [5.74, 6) is 0.594. The molecule has 4 aromatic rings. The van der Waals surface area contributed by atoms with Gasteiger partial charge in [0.15, 0.2) is 0 Å². The van der Waals surface area contributed by atoms with Gasteiger partial charge in [0, 0.05) is 35.5 Å². The molecule has 0 aliphatic rings. The third-order valence-electron chi connectivity index (χ3n) is 4.14. The maximum atomic E-state index is 12.3. The van der Waals surface area contributed by atoms with Crippen LogP contribution >= 0.6 is 0 Å². The summed E-state index contributed by atoms with van der Waals surface area (Å²) in [6.07, 6.45) is 3.45. The van der Waals surface area contributed by atoms with Gasteiger partial charge in [0.1, 0.15) is 23.7 Å². The Morgan fingerprint density at radius 1 is 1.18 bits per heavy atom. The molecule has 4 rings (SSSR count). The lowest BCUT2D eigenvalue weighted by Gasteiger charge is -2.07. The van der Waals surface area contributed by atoms with Crippen LogP contribution in [0.2, 0.25) is 0 Å². The van der Waals surface area contributed by atoms with E-state index in [0.717, 1.165) is 0 Å². The molecule has 3 aromatic heterocycles. The monoisotopic (exact) mass is 380 g/mol. The first-order chi connectivity index (χ1) is 13.6. The van der Waals surface area contributed by atoms with E-state index in [1.807, 2.05) is 0 Å². The van der Waals surface area contributed by atoms with E-state index in [4.69, 9.17) is 18.3 Å². The van der Waals surface area contributed by atoms with Gasteiger partial charge in [0.05, 0.1) is 13.7 Å². The number of benzene rings is 1. The summed E-state index contributed by atoms with van der Waals surface area (Å²) < 4.78 is 22.8. The van der Waals surface area contributed by atoms with E-state index < -0.39 is 11.6 Å². The van der Waals surface area contributed by atoms with Gasteiger partial charge in [-0.3, -0.25) is 4.68 Å². The molecule has 8 heteroatoms. The van der Waals surface area contributed by atoms with Gasteiger partial charge in [-0.05, 0) is 30.3 Å². The average Bonchev–Trinajstić information content (AvgIpc) is 3.37. The number of hydrogen-bond acceptors (Lipinski definition) is 7. The van der Waals surface area contributed by atoms with Crippen LogP contribution < -0.4 is 10.4 Å². The van der Waals surface area contributed by atoms with Crippen LogP contribution in [0.1, 0.15) is 21.9 Å². The molecular formula is C20H16N2O6. The molecule has 3 heterocycles. The first-order valence-corrected chi connectivity index (χ1v) is 8.46. The molecule has 8 nitrogen and oxygen atoms in total. The maximum Gasteiger partial charge on any atom is 0.374 e. The smallest absolute Gasteiger partial charge is 0.374 e. The highest BCUT2D eigenvalue weighted by molar-refractivity contribution is 5.87. The van der Waals surface area contributed by atoms with Crippen LogP contribution in [0, 0.1) is 0 Å². The first-order valence-electron chi connectivity index (χ1n) is 8.46. The van der Waals surface area contributed by atoms with Crippen LogP contribution in [-0.4, -0.2) is 22.9 Å². The predicted octanol–water partition coefficient (Wildman–Crippen LogP) is 3.00. The number of furan rings is 1. The molecule has 1 aromatic carbocycles. The van der Waals surface area contributed by atoms with Crippen LogP contribution in [0.3, 0.4) is 0 Å². The van der Waals surface area contributed by atoms with E-state index in [9.17, 15) is 9.59 Å².